The number of fused-ring (bicyclic) bond motifs is 4. The second-order valence-corrected chi connectivity index (χ2v) is 9.49. The lowest BCUT2D eigenvalue weighted by molar-refractivity contribution is -0.141. The van der Waals surface area contributed by atoms with Crippen molar-refractivity contribution in [3.8, 4) is 28.4 Å². The molecule has 6 heteroatoms. The Morgan fingerprint density at radius 3 is 2.62 bits per heavy atom. The van der Waals surface area contributed by atoms with Crippen LogP contribution in [0, 0.1) is 0 Å². The highest BCUT2D eigenvalue weighted by Crippen LogP contribution is 2.39. The van der Waals surface area contributed by atoms with Gasteiger partial charge in [-0.1, -0.05) is 24.3 Å². The number of hydrogen-bond donors (Lipinski definition) is 0. The van der Waals surface area contributed by atoms with Gasteiger partial charge >= 0.3 is 5.97 Å². The van der Waals surface area contributed by atoms with Crippen LogP contribution in [0.3, 0.4) is 0 Å². The minimum absolute atomic E-state index is 0.0248. The van der Waals surface area contributed by atoms with Gasteiger partial charge in [0.05, 0.1) is 26.7 Å². The van der Waals surface area contributed by atoms with Crippen LogP contribution in [0.4, 0.5) is 0 Å². The summed E-state index contributed by atoms with van der Waals surface area (Å²) in [6, 6.07) is 18.9. The van der Waals surface area contributed by atoms with Crippen LogP contribution < -0.4 is 14.2 Å². The van der Waals surface area contributed by atoms with Crippen molar-refractivity contribution in [2.24, 2.45) is 0 Å². The SMILES string of the molecule is CCOCCOc1ccc2c(c1)CCCc1ccc(COc3ccc4c(c3)OCC4CC(=O)OC)cc1-2. The number of carbonyl (C=O) groups excluding carboxylic acids is 1. The van der Waals surface area contributed by atoms with Crippen LogP contribution in [0.1, 0.15) is 47.9 Å². The molecule has 3 aromatic carbocycles. The lowest BCUT2D eigenvalue weighted by Gasteiger charge is -2.14. The summed E-state index contributed by atoms with van der Waals surface area (Å²) >= 11 is 0. The van der Waals surface area contributed by atoms with E-state index in [1.807, 2.05) is 25.1 Å². The van der Waals surface area contributed by atoms with E-state index in [0.29, 0.717) is 39.5 Å². The monoisotopic (exact) mass is 502 g/mol. The maximum Gasteiger partial charge on any atom is 0.306 e. The summed E-state index contributed by atoms with van der Waals surface area (Å²) in [6.45, 7) is 4.80. The molecule has 0 aromatic heterocycles. The van der Waals surface area contributed by atoms with Crippen LogP contribution in [-0.2, 0) is 33.7 Å². The third kappa shape index (κ3) is 5.91. The molecule has 5 rings (SSSR count). The van der Waals surface area contributed by atoms with E-state index in [1.54, 1.807) is 0 Å². The molecule has 0 spiro atoms. The minimum atomic E-state index is -0.225. The van der Waals surface area contributed by atoms with Crippen molar-refractivity contribution in [2.45, 2.75) is 45.1 Å². The summed E-state index contributed by atoms with van der Waals surface area (Å²) in [5, 5.41) is 0. The predicted molar refractivity (Wildman–Crippen MR) is 142 cm³/mol. The molecule has 1 aliphatic carbocycles. The minimum Gasteiger partial charge on any atom is -0.492 e. The van der Waals surface area contributed by atoms with Gasteiger partial charge < -0.3 is 23.7 Å². The number of methoxy groups -OCH3 is 1. The molecule has 0 amide bonds. The van der Waals surface area contributed by atoms with Crippen LogP contribution in [0.25, 0.3) is 11.1 Å². The second kappa shape index (κ2) is 11.7. The first-order valence-electron chi connectivity index (χ1n) is 13.1. The van der Waals surface area contributed by atoms with Gasteiger partial charge in [-0.25, -0.2) is 0 Å². The Balaban J connectivity index is 1.28. The van der Waals surface area contributed by atoms with Crippen molar-refractivity contribution in [1.82, 2.24) is 0 Å². The smallest absolute Gasteiger partial charge is 0.306 e. The lowest BCUT2D eigenvalue weighted by Crippen LogP contribution is -2.09. The van der Waals surface area contributed by atoms with Crippen molar-refractivity contribution in [3.05, 3.63) is 76.9 Å². The Labute approximate surface area is 218 Å². The first-order chi connectivity index (χ1) is 18.1. The molecule has 1 unspecified atom stereocenters. The van der Waals surface area contributed by atoms with Crippen molar-refractivity contribution < 1.29 is 28.5 Å². The summed E-state index contributed by atoms with van der Waals surface area (Å²) in [4.78, 5) is 11.7. The highest BCUT2D eigenvalue weighted by molar-refractivity contribution is 5.73. The highest BCUT2D eigenvalue weighted by Gasteiger charge is 2.27. The topological polar surface area (TPSA) is 63.2 Å². The molecule has 1 atom stereocenters. The molecule has 0 fully saturated rings. The zero-order chi connectivity index (χ0) is 25.6. The van der Waals surface area contributed by atoms with Gasteiger partial charge in [0.15, 0.2) is 0 Å². The summed E-state index contributed by atoms with van der Waals surface area (Å²) in [6.07, 6.45) is 3.52. The van der Waals surface area contributed by atoms with E-state index in [0.717, 1.165) is 47.6 Å². The highest BCUT2D eigenvalue weighted by atomic mass is 16.5. The van der Waals surface area contributed by atoms with Crippen LogP contribution >= 0.6 is 0 Å². The Morgan fingerprint density at radius 1 is 0.919 bits per heavy atom. The molecule has 37 heavy (non-hydrogen) atoms. The molecule has 0 saturated heterocycles. The van der Waals surface area contributed by atoms with Crippen LogP contribution in [0.15, 0.2) is 54.6 Å². The van der Waals surface area contributed by atoms with Crippen molar-refractivity contribution >= 4 is 5.97 Å². The molecule has 2 aliphatic rings. The maximum atomic E-state index is 11.7. The largest absolute Gasteiger partial charge is 0.492 e. The van der Waals surface area contributed by atoms with E-state index in [1.165, 1.54) is 29.4 Å². The van der Waals surface area contributed by atoms with Crippen LogP contribution in [0.5, 0.6) is 17.2 Å². The molecule has 1 heterocycles. The van der Waals surface area contributed by atoms with E-state index >= 15 is 0 Å². The number of esters is 1. The van der Waals surface area contributed by atoms with Gasteiger partial charge in [0.1, 0.15) is 30.5 Å². The Bertz CT molecular complexity index is 1250. The van der Waals surface area contributed by atoms with Crippen molar-refractivity contribution in [2.75, 3.05) is 33.5 Å². The van der Waals surface area contributed by atoms with Gasteiger partial charge in [0, 0.05) is 24.2 Å². The average Bonchev–Trinajstić information content (AvgIpc) is 3.22. The lowest BCUT2D eigenvalue weighted by atomic mass is 9.95. The Kier molecular flexibility index (Phi) is 7.95. The van der Waals surface area contributed by atoms with Gasteiger partial charge in [-0.3, -0.25) is 4.79 Å². The molecule has 3 aromatic rings. The predicted octanol–water partition coefficient (Wildman–Crippen LogP) is 5.88. The van der Waals surface area contributed by atoms with Crippen molar-refractivity contribution in [1.29, 1.82) is 0 Å². The van der Waals surface area contributed by atoms with E-state index in [-0.39, 0.29) is 11.9 Å². The molecular formula is C31H34O6. The fourth-order valence-corrected chi connectivity index (χ4v) is 5.11. The summed E-state index contributed by atoms with van der Waals surface area (Å²) in [5.74, 6) is 2.23. The average molecular weight is 503 g/mol. The van der Waals surface area contributed by atoms with E-state index in [2.05, 4.69) is 36.4 Å². The molecule has 194 valence electrons. The first kappa shape index (κ1) is 25.2. The standard InChI is InChI=1S/C31H34O6/c1-3-34-13-14-35-25-9-11-27-23(16-25)6-4-5-22-8-7-21(15-29(22)27)19-36-26-10-12-28-24(17-31(32)33-2)20-37-30(28)18-26/h7-12,15-16,18,24H,3-6,13-14,17,19-20H2,1-2H3. The Morgan fingerprint density at radius 2 is 1.76 bits per heavy atom. The van der Waals surface area contributed by atoms with Gasteiger partial charge in [-0.05, 0) is 78.3 Å². The number of carbonyl (C=O) groups is 1. The molecule has 1 aliphatic heterocycles. The molecule has 6 nitrogen and oxygen atoms in total. The first-order valence-corrected chi connectivity index (χ1v) is 13.1. The number of hydrogen-bond acceptors (Lipinski definition) is 6. The number of ether oxygens (including phenoxy) is 5. The zero-order valence-corrected chi connectivity index (χ0v) is 21.6. The Hall–Kier alpha value is -3.51. The summed E-state index contributed by atoms with van der Waals surface area (Å²) in [5.41, 5.74) is 7.39. The molecule has 0 saturated carbocycles. The summed E-state index contributed by atoms with van der Waals surface area (Å²) in [7, 11) is 1.41. The van der Waals surface area contributed by atoms with Gasteiger partial charge in [0.2, 0.25) is 0 Å². The third-order valence-corrected chi connectivity index (χ3v) is 7.05. The number of aryl methyl sites for hydroxylation is 2. The maximum absolute atomic E-state index is 11.7. The van der Waals surface area contributed by atoms with Gasteiger partial charge in [-0.2, -0.15) is 0 Å². The van der Waals surface area contributed by atoms with Crippen LogP contribution in [0.2, 0.25) is 0 Å². The van der Waals surface area contributed by atoms with Crippen molar-refractivity contribution in [3.63, 3.8) is 0 Å². The number of rotatable bonds is 10. The molecule has 0 N–H and O–H groups in total. The fourth-order valence-electron chi connectivity index (χ4n) is 5.11. The quantitative estimate of drug-likeness (QED) is 0.255. The molecule has 0 radical (unpaired) electrons. The summed E-state index contributed by atoms with van der Waals surface area (Å²) < 4.78 is 28.1. The number of benzene rings is 3. The van der Waals surface area contributed by atoms with Gasteiger partial charge in [-0.15, -0.1) is 0 Å². The van der Waals surface area contributed by atoms with Crippen LogP contribution in [-0.4, -0.2) is 39.5 Å². The zero-order valence-electron chi connectivity index (χ0n) is 21.6. The van der Waals surface area contributed by atoms with E-state index in [4.69, 9.17) is 23.7 Å². The van der Waals surface area contributed by atoms with E-state index in [9.17, 15) is 4.79 Å². The van der Waals surface area contributed by atoms with Gasteiger partial charge in [0.25, 0.3) is 0 Å². The molecule has 0 bridgehead atoms. The molecular weight excluding hydrogens is 468 g/mol. The fraction of sp³-hybridized carbons (Fsp3) is 0.387. The second-order valence-electron chi connectivity index (χ2n) is 9.49. The third-order valence-electron chi connectivity index (χ3n) is 7.05. The van der Waals surface area contributed by atoms with E-state index < -0.39 is 0 Å². The normalized spacial score (nSPS) is 15.6.